The molecule has 0 unspecified atom stereocenters. The van der Waals surface area contributed by atoms with Gasteiger partial charge in [0, 0.05) is 6.54 Å². The molecule has 114 valence electrons. The number of rotatable bonds is 6. The average molecular weight is 299 g/mol. The van der Waals surface area contributed by atoms with Crippen molar-refractivity contribution in [3.63, 3.8) is 0 Å². The molecule has 0 spiro atoms. The van der Waals surface area contributed by atoms with Gasteiger partial charge >= 0.3 is 0 Å². The molecule has 0 saturated carbocycles. The fourth-order valence-electron chi connectivity index (χ4n) is 1.95. The molecule has 0 fully saturated rings. The minimum atomic E-state index is -3.12. The van der Waals surface area contributed by atoms with Crippen LogP contribution in [0.2, 0.25) is 0 Å². The molecule has 0 radical (unpaired) electrons. The zero-order valence-electron chi connectivity index (χ0n) is 13.0. The van der Waals surface area contributed by atoms with E-state index in [0.29, 0.717) is 13.0 Å². The first-order valence-electron chi connectivity index (χ1n) is 6.84. The van der Waals surface area contributed by atoms with Gasteiger partial charge in [-0.05, 0) is 36.0 Å². The first-order chi connectivity index (χ1) is 9.19. The predicted octanol–water partition coefficient (Wildman–Crippen LogP) is 2.47. The Morgan fingerprint density at radius 1 is 1.25 bits per heavy atom. The minimum Gasteiger partial charge on any atom is -0.496 e. The number of benzene rings is 1. The van der Waals surface area contributed by atoms with E-state index in [1.165, 1.54) is 0 Å². The maximum atomic E-state index is 11.4. The van der Waals surface area contributed by atoms with Crippen molar-refractivity contribution in [2.24, 2.45) is 0 Å². The van der Waals surface area contributed by atoms with Crippen molar-refractivity contribution in [3.05, 3.63) is 29.3 Å². The Kier molecular flexibility index (Phi) is 5.59. The van der Waals surface area contributed by atoms with Gasteiger partial charge in [-0.1, -0.05) is 32.9 Å². The molecule has 0 aromatic heterocycles. The molecule has 0 saturated heterocycles. The second-order valence-electron chi connectivity index (χ2n) is 5.83. The molecule has 0 aliphatic rings. The fraction of sp³-hybridized carbons (Fsp3) is 0.600. The molecule has 0 bridgehead atoms. The van der Waals surface area contributed by atoms with Crippen LogP contribution in [0.3, 0.4) is 0 Å². The van der Waals surface area contributed by atoms with Crippen molar-refractivity contribution in [1.82, 2.24) is 4.72 Å². The fourth-order valence-corrected chi connectivity index (χ4v) is 2.57. The number of nitrogens with one attached hydrogen (secondary N) is 1. The van der Waals surface area contributed by atoms with E-state index >= 15 is 0 Å². The summed E-state index contributed by atoms with van der Waals surface area (Å²) in [5.41, 5.74) is 2.23. The number of ether oxygens (including phenoxy) is 1. The van der Waals surface area contributed by atoms with E-state index in [4.69, 9.17) is 4.74 Å². The molecular weight excluding hydrogens is 274 g/mol. The van der Waals surface area contributed by atoms with Gasteiger partial charge in [-0.2, -0.15) is 0 Å². The van der Waals surface area contributed by atoms with Crippen LogP contribution in [0.15, 0.2) is 18.2 Å². The first-order valence-corrected chi connectivity index (χ1v) is 8.49. The lowest BCUT2D eigenvalue weighted by molar-refractivity contribution is 0.397. The summed E-state index contributed by atoms with van der Waals surface area (Å²) in [4.78, 5) is 0. The Balaban J connectivity index is 2.83. The smallest absolute Gasteiger partial charge is 0.211 e. The quantitative estimate of drug-likeness (QED) is 0.878. The van der Waals surface area contributed by atoms with E-state index in [1.807, 2.05) is 12.1 Å². The van der Waals surface area contributed by atoms with Gasteiger partial charge in [0.15, 0.2) is 0 Å². The summed E-state index contributed by atoms with van der Waals surface area (Å²) in [6, 6.07) is 6.03. The van der Waals surface area contributed by atoms with Gasteiger partial charge < -0.3 is 4.74 Å². The van der Waals surface area contributed by atoms with Gasteiger partial charge in [0.25, 0.3) is 0 Å². The number of methoxy groups -OCH3 is 1. The van der Waals surface area contributed by atoms with Crippen molar-refractivity contribution in [2.75, 3.05) is 19.4 Å². The van der Waals surface area contributed by atoms with Gasteiger partial charge in [-0.3, -0.25) is 0 Å². The molecule has 0 heterocycles. The average Bonchev–Trinajstić information content (AvgIpc) is 2.37. The Morgan fingerprint density at radius 3 is 2.40 bits per heavy atom. The van der Waals surface area contributed by atoms with Crippen molar-refractivity contribution in [1.29, 1.82) is 0 Å². The maximum Gasteiger partial charge on any atom is 0.211 e. The second kappa shape index (κ2) is 6.59. The van der Waals surface area contributed by atoms with Crippen molar-refractivity contribution >= 4 is 10.0 Å². The summed E-state index contributed by atoms with van der Waals surface area (Å²) in [6.45, 7) is 8.46. The number of hydrogen-bond acceptors (Lipinski definition) is 3. The highest BCUT2D eigenvalue weighted by Gasteiger charge is 2.19. The van der Waals surface area contributed by atoms with Crippen molar-refractivity contribution in [2.45, 2.75) is 39.5 Å². The third kappa shape index (κ3) is 4.80. The SMILES string of the molecule is CCS(=O)(=O)NCCc1ccc(OC)c(C(C)(C)C)c1. The van der Waals surface area contributed by atoms with Crippen LogP contribution in [0.25, 0.3) is 0 Å². The summed E-state index contributed by atoms with van der Waals surface area (Å²) >= 11 is 0. The van der Waals surface area contributed by atoms with Gasteiger partial charge in [0.1, 0.15) is 5.75 Å². The number of sulfonamides is 1. The van der Waals surface area contributed by atoms with Crippen LogP contribution in [-0.4, -0.2) is 27.8 Å². The second-order valence-corrected chi connectivity index (χ2v) is 7.93. The van der Waals surface area contributed by atoms with E-state index in [9.17, 15) is 8.42 Å². The summed E-state index contributed by atoms with van der Waals surface area (Å²) in [7, 11) is -1.45. The zero-order chi connectivity index (χ0) is 15.4. The van der Waals surface area contributed by atoms with Crippen LogP contribution < -0.4 is 9.46 Å². The highest BCUT2D eigenvalue weighted by molar-refractivity contribution is 7.89. The molecule has 4 nitrogen and oxygen atoms in total. The molecular formula is C15H25NO3S. The van der Waals surface area contributed by atoms with Gasteiger partial charge in [0.05, 0.1) is 12.9 Å². The Bertz CT molecular complexity index is 545. The highest BCUT2D eigenvalue weighted by Crippen LogP contribution is 2.32. The van der Waals surface area contributed by atoms with Crippen LogP contribution in [0.1, 0.15) is 38.8 Å². The standard InChI is InChI=1S/C15H25NO3S/c1-6-20(17,18)16-10-9-12-7-8-14(19-5)13(11-12)15(2,3)4/h7-8,11,16H,6,9-10H2,1-5H3. The zero-order valence-corrected chi connectivity index (χ0v) is 13.8. The third-order valence-electron chi connectivity index (χ3n) is 3.19. The molecule has 1 aromatic rings. The van der Waals surface area contributed by atoms with Crippen molar-refractivity contribution in [3.8, 4) is 5.75 Å². The lowest BCUT2D eigenvalue weighted by Gasteiger charge is -2.23. The summed E-state index contributed by atoms with van der Waals surface area (Å²) in [5, 5.41) is 0. The highest BCUT2D eigenvalue weighted by atomic mass is 32.2. The van der Waals surface area contributed by atoms with Crippen LogP contribution in [-0.2, 0) is 21.9 Å². The van der Waals surface area contributed by atoms with E-state index in [2.05, 4.69) is 31.6 Å². The van der Waals surface area contributed by atoms with Gasteiger partial charge in [0.2, 0.25) is 10.0 Å². The van der Waals surface area contributed by atoms with Gasteiger partial charge in [-0.25, -0.2) is 13.1 Å². The third-order valence-corrected chi connectivity index (χ3v) is 4.59. The summed E-state index contributed by atoms with van der Waals surface area (Å²) in [5.74, 6) is 0.985. The van der Waals surface area contributed by atoms with Crippen LogP contribution in [0.4, 0.5) is 0 Å². The van der Waals surface area contributed by atoms with Gasteiger partial charge in [-0.15, -0.1) is 0 Å². The lowest BCUT2D eigenvalue weighted by atomic mass is 9.85. The van der Waals surface area contributed by atoms with E-state index in [-0.39, 0.29) is 11.2 Å². The Hall–Kier alpha value is -1.07. The first kappa shape index (κ1) is 17.0. The number of hydrogen-bond donors (Lipinski definition) is 1. The molecule has 1 N–H and O–H groups in total. The predicted molar refractivity (Wildman–Crippen MR) is 82.9 cm³/mol. The van der Waals surface area contributed by atoms with E-state index in [1.54, 1.807) is 14.0 Å². The summed E-state index contributed by atoms with van der Waals surface area (Å²) in [6.07, 6.45) is 0.673. The molecule has 0 atom stereocenters. The van der Waals surface area contributed by atoms with Crippen LogP contribution in [0, 0.1) is 0 Å². The molecule has 0 aliphatic carbocycles. The topological polar surface area (TPSA) is 55.4 Å². The minimum absolute atomic E-state index is 0.00965. The monoisotopic (exact) mass is 299 g/mol. The van der Waals surface area contributed by atoms with Crippen LogP contribution in [0.5, 0.6) is 5.75 Å². The molecule has 1 rings (SSSR count). The molecule has 0 amide bonds. The largest absolute Gasteiger partial charge is 0.496 e. The molecule has 1 aromatic carbocycles. The normalized spacial score (nSPS) is 12.4. The van der Waals surface area contributed by atoms with E-state index in [0.717, 1.165) is 16.9 Å². The Labute approximate surface area is 122 Å². The molecule has 0 aliphatic heterocycles. The van der Waals surface area contributed by atoms with Crippen molar-refractivity contribution < 1.29 is 13.2 Å². The van der Waals surface area contributed by atoms with Crippen LogP contribution >= 0.6 is 0 Å². The molecule has 20 heavy (non-hydrogen) atoms. The summed E-state index contributed by atoms with van der Waals surface area (Å²) < 4.78 is 30.7. The molecule has 5 heteroatoms. The lowest BCUT2D eigenvalue weighted by Crippen LogP contribution is -2.27. The van der Waals surface area contributed by atoms with E-state index < -0.39 is 10.0 Å². The maximum absolute atomic E-state index is 11.4. The Morgan fingerprint density at radius 2 is 1.90 bits per heavy atom.